The molecule has 16 heavy (non-hydrogen) atoms. The van der Waals surface area contributed by atoms with Gasteiger partial charge >= 0.3 is 0 Å². The third-order valence-corrected chi connectivity index (χ3v) is 2.77. The van der Waals surface area contributed by atoms with Crippen molar-refractivity contribution in [2.24, 2.45) is 0 Å². The molecule has 0 fully saturated rings. The van der Waals surface area contributed by atoms with Crippen LogP contribution in [0.1, 0.15) is 19.3 Å². The molecule has 0 aliphatic rings. The number of sulfone groups is 1. The van der Waals surface area contributed by atoms with Crippen molar-refractivity contribution in [2.45, 2.75) is 25.7 Å². The van der Waals surface area contributed by atoms with Crippen LogP contribution < -0.4 is 0 Å². The van der Waals surface area contributed by atoms with Crippen LogP contribution in [0, 0.1) is 0 Å². The maximum atomic E-state index is 11.6. The van der Waals surface area contributed by atoms with Crippen LogP contribution in [0.4, 0.5) is 8.78 Å². The van der Waals surface area contributed by atoms with E-state index in [4.69, 9.17) is 0 Å². The molecule has 0 radical (unpaired) electrons. The van der Waals surface area contributed by atoms with Gasteiger partial charge in [-0.25, -0.2) is 17.2 Å². The molecule has 96 valence electrons. The van der Waals surface area contributed by atoms with E-state index in [1.807, 2.05) is 0 Å². The molecular weight excluding hydrogens is 242 g/mol. The topological polar surface area (TPSA) is 60.4 Å². The Labute approximate surface area is 93.9 Å². The van der Waals surface area contributed by atoms with Crippen molar-refractivity contribution < 1.29 is 26.7 Å². The highest BCUT2D eigenvalue weighted by Crippen LogP contribution is 2.00. The quantitative estimate of drug-likeness (QED) is 0.580. The van der Waals surface area contributed by atoms with E-state index in [2.05, 4.69) is 4.74 Å². The normalized spacial score (nSPS) is 12.0. The Hall–Kier alpha value is -0.560. The number of rotatable bonds is 9. The molecule has 0 amide bonds. The molecule has 0 unspecified atom stereocenters. The van der Waals surface area contributed by atoms with Crippen molar-refractivity contribution >= 4 is 15.6 Å². The van der Waals surface area contributed by atoms with E-state index in [1.165, 1.54) is 0 Å². The number of alkyl halides is 2. The standard InChI is InChI=1S/C9H16F2O4S/c1-16(13,14)6-2-3-8(12)4-5-15-7-9(10)11/h9H,2-7H2,1H3. The van der Waals surface area contributed by atoms with Crippen LogP contribution in [-0.4, -0.2) is 45.8 Å². The first-order valence-corrected chi connectivity index (χ1v) is 6.92. The van der Waals surface area contributed by atoms with E-state index in [0.717, 1.165) is 6.26 Å². The molecule has 0 aliphatic heterocycles. The summed E-state index contributed by atoms with van der Waals surface area (Å²) in [5.74, 6) is -0.200. The zero-order chi connectivity index (χ0) is 12.6. The first-order valence-electron chi connectivity index (χ1n) is 4.86. The lowest BCUT2D eigenvalue weighted by molar-refractivity contribution is -0.120. The summed E-state index contributed by atoms with van der Waals surface area (Å²) >= 11 is 0. The van der Waals surface area contributed by atoms with Crippen LogP contribution in [0.5, 0.6) is 0 Å². The average molecular weight is 258 g/mol. The Morgan fingerprint density at radius 2 is 1.94 bits per heavy atom. The molecule has 0 aliphatic carbocycles. The Bertz CT molecular complexity index is 301. The highest BCUT2D eigenvalue weighted by atomic mass is 32.2. The molecule has 7 heteroatoms. The number of ketones is 1. The van der Waals surface area contributed by atoms with E-state index in [-0.39, 0.29) is 37.4 Å². The maximum Gasteiger partial charge on any atom is 0.261 e. The molecule has 0 atom stereocenters. The summed E-state index contributed by atoms with van der Waals surface area (Å²) in [5, 5.41) is 0. The van der Waals surface area contributed by atoms with Crippen LogP contribution in [0.2, 0.25) is 0 Å². The fraction of sp³-hybridized carbons (Fsp3) is 0.889. The second-order valence-electron chi connectivity index (χ2n) is 3.49. The van der Waals surface area contributed by atoms with Gasteiger partial charge in [0.05, 0.1) is 12.4 Å². The lowest BCUT2D eigenvalue weighted by Crippen LogP contribution is -2.10. The predicted octanol–water partition coefficient (Wildman–Crippen LogP) is 1.05. The lowest BCUT2D eigenvalue weighted by atomic mass is 10.2. The van der Waals surface area contributed by atoms with Crippen LogP contribution in [0.15, 0.2) is 0 Å². The van der Waals surface area contributed by atoms with E-state index in [9.17, 15) is 22.0 Å². The third-order valence-electron chi connectivity index (χ3n) is 1.74. The summed E-state index contributed by atoms with van der Waals surface area (Å²) in [6, 6.07) is 0. The molecule has 0 rings (SSSR count). The number of carbonyl (C=O) groups excluding carboxylic acids is 1. The van der Waals surface area contributed by atoms with Crippen LogP contribution in [0.3, 0.4) is 0 Å². The molecule has 0 bridgehead atoms. The van der Waals surface area contributed by atoms with Gasteiger partial charge in [-0.05, 0) is 6.42 Å². The van der Waals surface area contributed by atoms with Gasteiger partial charge in [0.25, 0.3) is 6.43 Å². The summed E-state index contributed by atoms with van der Waals surface area (Å²) < 4.78 is 49.2. The second kappa shape index (κ2) is 7.67. The van der Waals surface area contributed by atoms with E-state index in [1.54, 1.807) is 0 Å². The first kappa shape index (κ1) is 15.4. The summed E-state index contributed by atoms with van der Waals surface area (Å²) in [6.45, 7) is -0.710. The van der Waals surface area contributed by atoms with Gasteiger partial charge in [0, 0.05) is 19.1 Å². The van der Waals surface area contributed by atoms with Crippen molar-refractivity contribution in [3.05, 3.63) is 0 Å². The number of Topliss-reactive ketones (excluding diaryl/α,β-unsaturated/α-hetero) is 1. The first-order chi connectivity index (χ1) is 7.31. The molecule has 4 nitrogen and oxygen atoms in total. The smallest absolute Gasteiger partial charge is 0.261 e. The minimum Gasteiger partial charge on any atom is -0.375 e. The second-order valence-corrected chi connectivity index (χ2v) is 5.75. The summed E-state index contributed by atoms with van der Waals surface area (Å²) in [6.07, 6.45) is -0.961. The largest absolute Gasteiger partial charge is 0.375 e. The minimum absolute atomic E-state index is 0.0311. The predicted molar refractivity (Wildman–Crippen MR) is 55.4 cm³/mol. The van der Waals surface area contributed by atoms with E-state index in [0.29, 0.717) is 0 Å². The van der Waals surface area contributed by atoms with Crippen LogP contribution in [-0.2, 0) is 19.4 Å². The van der Waals surface area contributed by atoms with Crippen molar-refractivity contribution in [3.8, 4) is 0 Å². The maximum absolute atomic E-state index is 11.6. The van der Waals surface area contributed by atoms with Gasteiger partial charge in [0.1, 0.15) is 22.2 Å². The van der Waals surface area contributed by atoms with Gasteiger partial charge in [-0.1, -0.05) is 0 Å². The molecular formula is C9H16F2O4S. The van der Waals surface area contributed by atoms with Gasteiger partial charge < -0.3 is 4.74 Å². The van der Waals surface area contributed by atoms with Crippen molar-refractivity contribution in [3.63, 3.8) is 0 Å². The Balaban J connectivity index is 3.46. The molecule has 0 spiro atoms. The Morgan fingerprint density at radius 3 is 2.44 bits per heavy atom. The van der Waals surface area contributed by atoms with Crippen LogP contribution in [0.25, 0.3) is 0 Å². The SMILES string of the molecule is CS(=O)(=O)CCCC(=O)CCOCC(F)F. The summed E-state index contributed by atoms with van der Waals surface area (Å²) in [7, 11) is -3.04. The molecule has 0 aromatic carbocycles. The minimum atomic E-state index is -3.04. The zero-order valence-electron chi connectivity index (χ0n) is 9.12. The van der Waals surface area contributed by atoms with Crippen molar-refractivity contribution in [1.29, 1.82) is 0 Å². The Morgan fingerprint density at radius 1 is 1.31 bits per heavy atom. The molecule has 0 saturated heterocycles. The number of carbonyl (C=O) groups is 1. The van der Waals surface area contributed by atoms with E-state index >= 15 is 0 Å². The van der Waals surface area contributed by atoms with Gasteiger partial charge in [-0.15, -0.1) is 0 Å². The van der Waals surface area contributed by atoms with Gasteiger partial charge in [0.2, 0.25) is 0 Å². The number of hydrogen-bond acceptors (Lipinski definition) is 4. The van der Waals surface area contributed by atoms with Gasteiger partial charge in [-0.2, -0.15) is 0 Å². The molecule has 0 saturated carbocycles. The van der Waals surface area contributed by atoms with Crippen molar-refractivity contribution in [1.82, 2.24) is 0 Å². The van der Waals surface area contributed by atoms with Crippen LogP contribution >= 0.6 is 0 Å². The molecule has 0 aromatic heterocycles. The average Bonchev–Trinajstić information content (AvgIpc) is 2.10. The summed E-state index contributed by atoms with van der Waals surface area (Å²) in [5.41, 5.74) is 0. The molecule has 0 heterocycles. The summed E-state index contributed by atoms with van der Waals surface area (Å²) in [4.78, 5) is 11.1. The fourth-order valence-electron chi connectivity index (χ4n) is 1.01. The van der Waals surface area contributed by atoms with E-state index < -0.39 is 22.9 Å². The van der Waals surface area contributed by atoms with Gasteiger partial charge in [-0.3, -0.25) is 4.79 Å². The Kier molecular flexibility index (Phi) is 7.40. The monoisotopic (exact) mass is 258 g/mol. The number of hydrogen-bond donors (Lipinski definition) is 0. The molecule has 0 N–H and O–H groups in total. The number of halogens is 2. The lowest BCUT2D eigenvalue weighted by Gasteiger charge is -2.02. The number of ether oxygens (including phenoxy) is 1. The van der Waals surface area contributed by atoms with Gasteiger partial charge in [0.15, 0.2) is 0 Å². The fourth-order valence-corrected chi connectivity index (χ4v) is 1.68. The van der Waals surface area contributed by atoms with Crippen molar-refractivity contribution in [2.75, 3.05) is 25.2 Å². The highest BCUT2D eigenvalue weighted by Gasteiger charge is 2.07. The third kappa shape index (κ3) is 11.5. The molecule has 0 aromatic rings. The zero-order valence-corrected chi connectivity index (χ0v) is 9.93. The highest BCUT2D eigenvalue weighted by molar-refractivity contribution is 7.90.